The van der Waals surface area contributed by atoms with Crippen molar-refractivity contribution in [3.8, 4) is 23.0 Å². The molecule has 0 amide bonds. The van der Waals surface area contributed by atoms with Crippen LogP contribution < -0.4 is 30.4 Å². The second-order valence-electron chi connectivity index (χ2n) is 10.7. The summed E-state index contributed by atoms with van der Waals surface area (Å²) >= 11 is 0. The monoisotopic (exact) mass is 632 g/mol. The summed E-state index contributed by atoms with van der Waals surface area (Å²) in [5, 5.41) is 22.0. The summed E-state index contributed by atoms with van der Waals surface area (Å²) in [6.45, 7) is 7.52. The smallest absolute Gasteiger partial charge is 0.310 e. The Morgan fingerprint density at radius 1 is 0.500 bits per heavy atom. The Kier molecular flexibility index (Phi) is 13.0. The van der Waals surface area contributed by atoms with Crippen LogP contribution in [0.3, 0.4) is 0 Å². The molecule has 4 aromatic rings. The van der Waals surface area contributed by atoms with E-state index in [1.54, 1.807) is 38.1 Å². The van der Waals surface area contributed by atoms with Crippen molar-refractivity contribution < 1.29 is 28.8 Å². The highest BCUT2D eigenvalue weighted by molar-refractivity contribution is 5.52. The predicted octanol–water partition coefficient (Wildman–Crippen LogP) is 7.60. The number of nitrogen functional groups attached to an aromatic ring is 2. The number of ether oxygens (including phenoxy) is 4. The zero-order valence-electron chi connectivity index (χ0n) is 26.3. The van der Waals surface area contributed by atoms with Crippen LogP contribution in [0.4, 0.5) is 22.7 Å². The first kappa shape index (κ1) is 35.0. The summed E-state index contributed by atoms with van der Waals surface area (Å²) in [7, 11) is 0. The molecule has 4 aromatic carbocycles. The summed E-state index contributed by atoms with van der Waals surface area (Å²) in [6.07, 6.45) is 0.378. The average Bonchev–Trinajstić information content (AvgIpc) is 3.00. The van der Waals surface area contributed by atoms with Crippen molar-refractivity contribution in [2.75, 3.05) is 11.5 Å². The molecule has 0 aliphatic heterocycles. The number of benzene rings is 4. The topological polar surface area (TPSA) is 175 Å². The van der Waals surface area contributed by atoms with E-state index in [2.05, 4.69) is 0 Å². The highest BCUT2D eigenvalue weighted by Crippen LogP contribution is 2.30. The molecule has 12 nitrogen and oxygen atoms in total. The van der Waals surface area contributed by atoms with Crippen LogP contribution in [0, 0.1) is 20.2 Å². The molecule has 0 fully saturated rings. The largest absolute Gasteiger partial charge is 0.488 e. The summed E-state index contributed by atoms with van der Waals surface area (Å²) in [4.78, 5) is 21.0. The predicted molar refractivity (Wildman–Crippen MR) is 177 cm³/mol. The molecule has 4 atom stereocenters. The molecule has 12 heteroatoms. The van der Waals surface area contributed by atoms with Crippen LogP contribution in [-0.4, -0.2) is 34.3 Å². The van der Waals surface area contributed by atoms with E-state index >= 15 is 0 Å². The van der Waals surface area contributed by atoms with Crippen molar-refractivity contribution in [3.63, 3.8) is 0 Å². The normalized spacial score (nSPS) is 13.1. The molecule has 0 aliphatic carbocycles. The Balaban J connectivity index is 0.000000254. The van der Waals surface area contributed by atoms with Crippen molar-refractivity contribution >= 4 is 22.7 Å². The SMILES string of the molecule is C[C@H](C[C@@H](C)Oc1ccccc1N)Oc1ccccc1N.C[C@H](C[C@@H](C)Oc1ccccc1[N+](=O)[O-])Oc1ccccc1[N+](=O)[O-]. The second-order valence-corrected chi connectivity index (χ2v) is 10.7. The minimum absolute atomic E-state index is 0.00497. The van der Waals surface area contributed by atoms with Crippen molar-refractivity contribution in [1.82, 2.24) is 0 Å². The number of hydrogen-bond donors (Lipinski definition) is 2. The molecule has 0 radical (unpaired) electrons. The van der Waals surface area contributed by atoms with Gasteiger partial charge in [-0.2, -0.15) is 0 Å². The molecule has 4 N–H and O–H groups in total. The number of nitrogens with zero attached hydrogens (tertiary/aromatic N) is 2. The zero-order valence-corrected chi connectivity index (χ0v) is 26.3. The van der Waals surface area contributed by atoms with Crippen LogP contribution in [0.15, 0.2) is 97.1 Å². The third kappa shape index (κ3) is 10.9. The Morgan fingerprint density at radius 2 is 0.761 bits per heavy atom. The van der Waals surface area contributed by atoms with E-state index in [1.165, 1.54) is 24.3 Å². The summed E-state index contributed by atoms with van der Waals surface area (Å²) < 4.78 is 23.0. The van der Waals surface area contributed by atoms with Gasteiger partial charge in [-0.25, -0.2) is 0 Å². The maximum Gasteiger partial charge on any atom is 0.310 e. The molecular formula is C34H40N4O8. The first-order valence-electron chi connectivity index (χ1n) is 14.8. The molecule has 0 saturated carbocycles. The lowest BCUT2D eigenvalue weighted by Gasteiger charge is -2.21. The van der Waals surface area contributed by atoms with E-state index in [-0.39, 0.29) is 47.3 Å². The Labute approximate surface area is 268 Å². The van der Waals surface area contributed by atoms with Gasteiger partial charge in [0.1, 0.15) is 11.5 Å². The molecule has 0 spiro atoms. The van der Waals surface area contributed by atoms with E-state index in [0.717, 1.165) is 6.42 Å². The molecular weight excluding hydrogens is 592 g/mol. The number of para-hydroxylation sites is 8. The van der Waals surface area contributed by atoms with E-state index in [1.807, 2.05) is 62.4 Å². The standard InChI is InChI=1S/C17H18N2O6.C17H22N2O2/c1-12(24-16-9-5-3-7-14(16)18(20)21)11-13(2)25-17-10-6-4-8-15(17)19(22)23;1-12(20-16-9-5-3-7-14(16)18)11-13(2)21-17-10-6-4-8-15(17)19/h3-10,12-13H,11H2,1-2H3;3-10,12-13H,11,18-19H2,1-2H3/t2*12-,13-/m11/s1. The highest BCUT2D eigenvalue weighted by Gasteiger charge is 2.21. The third-order valence-corrected chi connectivity index (χ3v) is 6.60. The van der Waals surface area contributed by atoms with E-state index in [0.29, 0.717) is 29.3 Å². The molecule has 46 heavy (non-hydrogen) atoms. The highest BCUT2D eigenvalue weighted by atomic mass is 16.6. The lowest BCUT2D eigenvalue weighted by atomic mass is 10.2. The first-order valence-corrected chi connectivity index (χ1v) is 14.8. The van der Waals surface area contributed by atoms with E-state index < -0.39 is 9.85 Å². The third-order valence-electron chi connectivity index (χ3n) is 6.60. The van der Waals surface area contributed by atoms with Gasteiger partial charge >= 0.3 is 11.4 Å². The molecule has 244 valence electrons. The summed E-state index contributed by atoms with van der Waals surface area (Å²) in [5.74, 6) is 1.77. The fourth-order valence-corrected chi connectivity index (χ4v) is 4.59. The molecule has 0 aliphatic rings. The number of nitrogens with two attached hydrogens (primary N) is 2. The van der Waals surface area contributed by atoms with Gasteiger partial charge in [0.25, 0.3) is 0 Å². The number of nitro benzene ring substituents is 2. The van der Waals surface area contributed by atoms with Crippen LogP contribution in [-0.2, 0) is 0 Å². The molecule has 0 saturated heterocycles. The maximum absolute atomic E-state index is 11.0. The Bertz CT molecular complexity index is 1470. The van der Waals surface area contributed by atoms with Crippen LogP contribution in [0.5, 0.6) is 23.0 Å². The molecule has 0 unspecified atom stereocenters. The van der Waals surface area contributed by atoms with Gasteiger partial charge in [0.2, 0.25) is 0 Å². The minimum Gasteiger partial charge on any atom is -0.488 e. The number of rotatable bonds is 14. The van der Waals surface area contributed by atoms with Crippen molar-refractivity contribution in [2.24, 2.45) is 0 Å². The first-order chi connectivity index (χ1) is 21.9. The van der Waals surface area contributed by atoms with Gasteiger partial charge in [0.15, 0.2) is 11.5 Å². The maximum atomic E-state index is 11.0. The van der Waals surface area contributed by atoms with Gasteiger partial charge in [-0.3, -0.25) is 20.2 Å². The van der Waals surface area contributed by atoms with Crippen LogP contribution in [0.1, 0.15) is 40.5 Å². The lowest BCUT2D eigenvalue weighted by molar-refractivity contribution is -0.386. The summed E-state index contributed by atoms with van der Waals surface area (Å²) in [5.41, 5.74) is 12.8. The van der Waals surface area contributed by atoms with Gasteiger partial charge < -0.3 is 30.4 Å². The molecule has 0 heterocycles. The fourth-order valence-electron chi connectivity index (χ4n) is 4.59. The van der Waals surface area contributed by atoms with E-state index in [4.69, 9.17) is 30.4 Å². The van der Waals surface area contributed by atoms with Crippen molar-refractivity contribution in [1.29, 1.82) is 0 Å². The number of anilines is 2. The molecule has 0 aromatic heterocycles. The second kappa shape index (κ2) is 17.1. The zero-order chi connectivity index (χ0) is 33.6. The molecule has 4 rings (SSSR count). The van der Waals surface area contributed by atoms with Crippen molar-refractivity contribution in [3.05, 3.63) is 117 Å². The van der Waals surface area contributed by atoms with E-state index in [9.17, 15) is 20.2 Å². The number of nitro groups is 2. The van der Waals surface area contributed by atoms with Gasteiger partial charge in [-0.05, 0) is 64.1 Å². The van der Waals surface area contributed by atoms with Gasteiger partial charge in [0, 0.05) is 25.0 Å². The Morgan fingerprint density at radius 3 is 1.07 bits per heavy atom. The van der Waals surface area contributed by atoms with Gasteiger partial charge in [0.05, 0.1) is 45.6 Å². The lowest BCUT2D eigenvalue weighted by Crippen LogP contribution is -2.23. The quantitative estimate of drug-likeness (QED) is 0.0799. The fraction of sp³-hybridized carbons (Fsp3) is 0.294. The average molecular weight is 633 g/mol. The Hall–Kier alpha value is -5.52. The molecule has 0 bridgehead atoms. The number of hydrogen-bond acceptors (Lipinski definition) is 10. The van der Waals surface area contributed by atoms with Gasteiger partial charge in [-0.15, -0.1) is 0 Å². The van der Waals surface area contributed by atoms with Crippen LogP contribution in [0.25, 0.3) is 0 Å². The van der Waals surface area contributed by atoms with Gasteiger partial charge in [-0.1, -0.05) is 48.5 Å². The summed E-state index contributed by atoms with van der Waals surface area (Å²) in [6, 6.07) is 27.2. The van der Waals surface area contributed by atoms with Crippen LogP contribution >= 0.6 is 0 Å². The minimum atomic E-state index is -0.505. The van der Waals surface area contributed by atoms with Crippen LogP contribution in [0.2, 0.25) is 0 Å². The van der Waals surface area contributed by atoms with Crippen molar-refractivity contribution in [2.45, 2.75) is 65.0 Å².